The topological polar surface area (TPSA) is 89.7 Å². The number of nitrogens with zero attached hydrogens (tertiary/aromatic N) is 2. The molecule has 2 aromatic rings. The zero-order valence-corrected chi connectivity index (χ0v) is 18.0. The quantitative estimate of drug-likeness (QED) is 0.560. The molecule has 8 heteroatoms. The Morgan fingerprint density at radius 3 is 2.00 bits per heavy atom. The number of carbonyl (C=O) groups is 3. The van der Waals surface area contributed by atoms with E-state index in [9.17, 15) is 14.4 Å². The smallest absolute Gasteiger partial charge is 0.337 e. The fourth-order valence-electron chi connectivity index (χ4n) is 3.53. The second-order valence-corrected chi connectivity index (χ2v) is 7.52. The van der Waals surface area contributed by atoms with E-state index in [1.807, 2.05) is 12.1 Å². The average Bonchev–Trinajstić information content (AvgIpc) is 3.13. The molecule has 162 valence electrons. The number of rotatable bonds is 6. The Hall–Kier alpha value is -3.52. The standard InChI is InChI=1S/C23H25N3O5/c1-15(2)25-14-20(27)26(21(25)17-9-11-19(12-10-17)23(29)31-4)24-13-16-5-7-18(8-6-16)22(28)30-3/h5-13,15,21H,14H2,1-4H3/p+1/b24-13-/t21-/m1/s1. The molecule has 1 N–H and O–H groups in total. The Bertz CT molecular complexity index is 983. The van der Waals surface area contributed by atoms with Crippen molar-refractivity contribution < 1.29 is 28.8 Å². The van der Waals surface area contributed by atoms with E-state index < -0.39 is 11.9 Å². The van der Waals surface area contributed by atoms with Crippen LogP contribution in [0.5, 0.6) is 0 Å². The Morgan fingerprint density at radius 1 is 1.00 bits per heavy atom. The Morgan fingerprint density at radius 2 is 1.52 bits per heavy atom. The van der Waals surface area contributed by atoms with E-state index in [0.29, 0.717) is 17.7 Å². The molecule has 1 amide bonds. The summed E-state index contributed by atoms with van der Waals surface area (Å²) in [6.45, 7) is 4.42. The van der Waals surface area contributed by atoms with Crippen LogP contribution in [0.25, 0.3) is 0 Å². The zero-order valence-electron chi connectivity index (χ0n) is 18.0. The monoisotopic (exact) mass is 424 g/mol. The van der Waals surface area contributed by atoms with E-state index in [2.05, 4.69) is 18.9 Å². The first-order valence-corrected chi connectivity index (χ1v) is 9.94. The number of hydrazone groups is 1. The van der Waals surface area contributed by atoms with E-state index in [4.69, 9.17) is 9.47 Å². The minimum Gasteiger partial charge on any atom is -0.465 e. The molecular formula is C23H26N3O5+. The normalized spacial score (nSPS) is 18.6. The molecule has 0 aromatic heterocycles. The lowest BCUT2D eigenvalue weighted by Crippen LogP contribution is -3.14. The molecule has 1 unspecified atom stereocenters. The molecule has 1 fully saturated rings. The maximum Gasteiger partial charge on any atom is 0.337 e. The molecule has 2 atom stereocenters. The predicted molar refractivity (Wildman–Crippen MR) is 114 cm³/mol. The third kappa shape index (κ3) is 4.80. The molecule has 1 saturated heterocycles. The number of carbonyl (C=O) groups excluding carboxylic acids is 3. The molecule has 2 aromatic carbocycles. The average molecular weight is 424 g/mol. The summed E-state index contributed by atoms with van der Waals surface area (Å²) in [5.74, 6) is -0.912. The van der Waals surface area contributed by atoms with Gasteiger partial charge in [-0.3, -0.25) is 4.79 Å². The highest BCUT2D eigenvalue weighted by Crippen LogP contribution is 2.21. The molecule has 0 aliphatic carbocycles. The number of nitrogens with one attached hydrogen (secondary N) is 1. The van der Waals surface area contributed by atoms with Crippen molar-refractivity contribution in [3.63, 3.8) is 0 Å². The highest BCUT2D eigenvalue weighted by Gasteiger charge is 2.44. The maximum absolute atomic E-state index is 12.8. The highest BCUT2D eigenvalue weighted by molar-refractivity contribution is 5.91. The van der Waals surface area contributed by atoms with Crippen molar-refractivity contribution in [2.24, 2.45) is 5.10 Å². The largest absolute Gasteiger partial charge is 0.465 e. The number of quaternary nitrogens is 1. The number of ether oxygens (including phenoxy) is 2. The summed E-state index contributed by atoms with van der Waals surface area (Å²) in [5, 5.41) is 5.95. The summed E-state index contributed by atoms with van der Waals surface area (Å²) < 4.78 is 9.46. The second-order valence-electron chi connectivity index (χ2n) is 7.52. The fraction of sp³-hybridized carbons (Fsp3) is 0.304. The summed E-state index contributed by atoms with van der Waals surface area (Å²) >= 11 is 0. The van der Waals surface area contributed by atoms with Gasteiger partial charge in [0.15, 0.2) is 6.54 Å². The van der Waals surface area contributed by atoms with Crippen LogP contribution in [0.15, 0.2) is 53.6 Å². The predicted octanol–water partition coefficient (Wildman–Crippen LogP) is 1.43. The van der Waals surface area contributed by atoms with E-state index in [1.165, 1.54) is 19.2 Å². The summed E-state index contributed by atoms with van der Waals surface area (Å²) in [6, 6.07) is 14.0. The van der Waals surface area contributed by atoms with E-state index in [-0.39, 0.29) is 18.1 Å². The van der Waals surface area contributed by atoms with Gasteiger partial charge in [-0.15, -0.1) is 0 Å². The first-order chi connectivity index (χ1) is 14.8. The van der Waals surface area contributed by atoms with Crippen molar-refractivity contribution in [3.05, 3.63) is 70.8 Å². The van der Waals surface area contributed by atoms with Crippen molar-refractivity contribution in [1.82, 2.24) is 5.01 Å². The molecule has 1 heterocycles. The zero-order chi connectivity index (χ0) is 22.5. The maximum atomic E-state index is 12.8. The van der Waals surface area contributed by atoms with Crippen LogP contribution in [-0.4, -0.2) is 55.9 Å². The fourth-order valence-corrected chi connectivity index (χ4v) is 3.53. The molecule has 0 radical (unpaired) electrons. The van der Waals surface area contributed by atoms with Gasteiger partial charge in [-0.05, 0) is 43.7 Å². The van der Waals surface area contributed by atoms with Gasteiger partial charge >= 0.3 is 17.8 Å². The molecule has 0 saturated carbocycles. The third-order valence-electron chi connectivity index (χ3n) is 5.26. The lowest BCUT2D eigenvalue weighted by molar-refractivity contribution is -0.944. The first kappa shape index (κ1) is 22.2. The first-order valence-electron chi connectivity index (χ1n) is 9.94. The van der Waals surface area contributed by atoms with Crippen LogP contribution >= 0.6 is 0 Å². The minimum absolute atomic E-state index is 0.0897. The van der Waals surface area contributed by atoms with Crippen molar-refractivity contribution in [2.45, 2.75) is 26.1 Å². The van der Waals surface area contributed by atoms with Gasteiger partial charge < -0.3 is 14.4 Å². The number of hydrogen-bond acceptors (Lipinski definition) is 6. The van der Waals surface area contributed by atoms with Gasteiger partial charge in [0.05, 0.1) is 37.6 Å². The van der Waals surface area contributed by atoms with Gasteiger partial charge in [-0.25, -0.2) is 9.59 Å². The van der Waals surface area contributed by atoms with Crippen LogP contribution in [-0.2, 0) is 14.3 Å². The summed E-state index contributed by atoms with van der Waals surface area (Å²) in [6.07, 6.45) is 1.28. The number of amides is 1. The van der Waals surface area contributed by atoms with Crippen LogP contribution in [0.4, 0.5) is 0 Å². The molecule has 1 aliphatic heterocycles. The third-order valence-corrected chi connectivity index (χ3v) is 5.26. The van der Waals surface area contributed by atoms with Crippen LogP contribution < -0.4 is 4.90 Å². The van der Waals surface area contributed by atoms with E-state index >= 15 is 0 Å². The molecule has 3 rings (SSSR count). The van der Waals surface area contributed by atoms with Gasteiger partial charge in [0.1, 0.15) is 0 Å². The van der Waals surface area contributed by atoms with Gasteiger partial charge in [-0.2, -0.15) is 10.1 Å². The summed E-state index contributed by atoms with van der Waals surface area (Å²) in [5.41, 5.74) is 2.51. The SMILES string of the molecule is COC(=O)c1ccc(/C=N\N2C(=O)C[NH+](C(C)C)[C@H]2c2ccc(C(=O)OC)cc2)cc1. The molecule has 1 aliphatic rings. The number of esters is 2. The lowest BCUT2D eigenvalue weighted by atomic mass is 10.1. The Kier molecular flexibility index (Phi) is 6.81. The van der Waals surface area contributed by atoms with Crippen molar-refractivity contribution in [1.29, 1.82) is 0 Å². The van der Waals surface area contributed by atoms with Crippen molar-refractivity contribution in [2.75, 3.05) is 20.8 Å². The van der Waals surface area contributed by atoms with E-state index in [0.717, 1.165) is 16.0 Å². The van der Waals surface area contributed by atoms with Gasteiger partial charge in [0, 0.05) is 5.56 Å². The molecule has 0 bridgehead atoms. The van der Waals surface area contributed by atoms with Crippen molar-refractivity contribution in [3.8, 4) is 0 Å². The van der Waals surface area contributed by atoms with Gasteiger partial charge in [0.25, 0.3) is 0 Å². The van der Waals surface area contributed by atoms with Gasteiger partial charge in [-0.1, -0.05) is 24.3 Å². The Labute approximate surface area is 181 Å². The van der Waals surface area contributed by atoms with Gasteiger partial charge in [0.2, 0.25) is 6.17 Å². The van der Waals surface area contributed by atoms with E-state index in [1.54, 1.807) is 42.6 Å². The number of hydrogen-bond donors (Lipinski definition) is 1. The van der Waals surface area contributed by atoms with Crippen LogP contribution in [0.3, 0.4) is 0 Å². The number of benzene rings is 2. The van der Waals surface area contributed by atoms with Crippen LogP contribution in [0, 0.1) is 0 Å². The van der Waals surface area contributed by atoms with Crippen LogP contribution in [0.1, 0.15) is 51.9 Å². The number of methoxy groups -OCH3 is 2. The van der Waals surface area contributed by atoms with Crippen molar-refractivity contribution >= 4 is 24.1 Å². The lowest BCUT2D eigenvalue weighted by Gasteiger charge is -2.26. The molecular weight excluding hydrogens is 398 g/mol. The minimum atomic E-state index is -0.412. The highest BCUT2D eigenvalue weighted by atomic mass is 16.5. The second kappa shape index (κ2) is 9.53. The molecule has 8 nitrogen and oxygen atoms in total. The summed E-state index contributed by atoms with van der Waals surface area (Å²) in [4.78, 5) is 37.1. The molecule has 31 heavy (non-hydrogen) atoms. The summed E-state index contributed by atoms with van der Waals surface area (Å²) in [7, 11) is 2.67. The Balaban J connectivity index is 1.88. The van der Waals surface area contributed by atoms with Crippen LogP contribution in [0.2, 0.25) is 0 Å². The molecule has 0 spiro atoms.